The largest absolute Gasteiger partial charge is 0.273 e. The molecule has 2 aromatic carbocycles. The van der Waals surface area contributed by atoms with Crippen molar-refractivity contribution in [1.29, 1.82) is 0 Å². The molecule has 1 heterocycles. The molecule has 5 nitrogen and oxygen atoms in total. The number of halogens is 5. The molecule has 33 heavy (non-hydrogen) atoms. The van der Waals surface area contributed by atoms with E-state index >= 15 is 0 Å². The molecule has 0 N–H and O–H groups in total. The second-order valence-corrected chi connectivity index (χ2v) is 12.0. The van der Waals surface area contributed by atoms with Crippen LogP contribution in [0.1, 0.15) is 22.3 Å². The fourth-order valence-electron chi connectivity index (χ4n) is 5.36. The number of nitrogens with zero attached hydrogens (tertiary/aromatic N) is 2. The highest BCUT2D eigenvalue weighted by Gasteiger charge is 2.67. The first-order valence-corrected chi connectivity index (χ1v) is 13.3. The molecule has 0 spiro atoms. The van der Waals surface area contributed by atoms with Gasteiger partial charge in [-0.15, -0.1) is 0 Å². The van der Waals surface area contributed by atoms with Crippen molar-refractivity contribution in [3.05, 3.63) is 68.7 Å². The van der Waals surface area contributed by atoms with Gasteiger partial charge in [0.15, 0.2) is 0 Å². The lowest BCUT2D eigenvalue weighted by Crippen LogP contribution is -2.50. The van der Waals surface area contributed by atoms with Crippen LogP contribution in [0.4, 0.5) is 0 Å². The molecule has 0 unspecified atom stereocenters. The molecule has 1 aliphatic heterocycles. The lowest BCUT2D eigenvalue weighted by molar-refractivity contribution is -0.156. The van der Waals surface area contributed by atoms with Crippen molar-refractivity contribution < 1.29 is 14.4 Å². The zero-order valence-corrected chi connectivity index (χ0v) is 22.4. The van der Waals surface area contributed by atoms with E-state index in [1.165, 1.54) is 5.01 Å². The Morgan fingerprint density at radius 2 is 1.45 bits per heavy atom. The highest BCUT2D eigenvalue weighted by atomic mass is 79.9. The van der Waals surface area contributed by atoms with Gasteiger partial charge >= 0.3 is 0 Å². The van der Waals surface area contributed by atoms with Crippen LogP contribution in [0.25, 0.3) is 0 Å². The van der Waals surface area contributed by atoms with E-state index in [9.17, 15) is 14.4 Å². The minimum absolute atomic E-state index is 0.0393. The molecule has 10 heteroatoms. The summed E-state index contributed by atoms with van der Waals surface area (Å²) in [4.78, 5) is 41.0. The second kappa shape index (κ2) is 8.83. The predicted octanol–water partition coefficient (Wildman–Crippen LogP) is 5.98. The molecule has 5 rings (SSSR count). The summed E-state index contributed by atoms with van der Waals surface area (Å²) < 4.78 is 0. The Bertz CT molecular complexity index is 1130. The molecule has 1 saturated heterocycles. The minimum atomic E-state index is -0.488. The molecule has 2 bridgehead atoms. The Hall–Kier alpha value is -1.12. The number of carbonyl (C=O) groups excluding carboxylic acids is 3. The lowest BCUT2D eigenvalue weighted by atomic mass is 9.81. The first kappa shape index (κ1) is 23.6. The maximum atomic E-state index is 13.6. The summed E-state index contributed by atoms with van der Waals surface area (Å²) in [5.74, 6) is -1.97. The fourth-order valence-corrected chi connectivity index (χ4v) is 7.82. The third-order valence-corrected chi connectivity index (χ3v) is 10.9. The highest BCUT2D eigenvalue weighted by Crippen LogP contribution is 2.60. The maximum absolute atomic E-state index is 13.6. The van der Waals surface area contributed by atoms with E-state index in [1.54, 1.807) is 42.5 Å². The number of hydrogen-bond acceptors (Lipinski definition) is 3. The van der Waals surface area contributed by atoms with E-state index in [0.717, 1.165) is 11.4 Å². The van der Waals surface area contributed by atoms with Crippen LogP contribution >= 0.6 is 66.7 Å². The molecule has 2 aromatic rings. The number of hydrazine groups is 1. The number of carbonyl (C=O) groups is 3. The first-order valence-electron chi connectivity index (χ1n) is 10.4. The molecular weight excluding hydrogens is 618 g/mol. The third-order valence-electron chi connectivity index (χ3n) is 6.87. The van der Waals surface area contributed by atoms with Gasteiger partial charge in [0.05, 0.1) is 18.4 Å². The molecule has 2 saturated carbocycles. The van der Waals surface area contributed by atoms with Crippen LogP contribution in [0.15, 0.2) is 42.5 Å². The Balaban J connectivity index is 1.54. The van der Waals surface area contributed by atoms with Gasteiger partial charge in [0, 0.05) is 30.3 Å². The van der Waals surface area contributed by atoms with Gasteiger partial charge in [-0.05, 0) is 60.2 Å². The van der Waals surface area contributed by atoms with Gasteiger partial charge < -0.3 is 0 Å². The van der Waals surface area contributed by atoms with Crippen LogP contribution in [0.3, 0.4) is 0 Å². The molecule has 3 fully saturated rings. The van der Waals surface area contributed by atoms with Gasteiger partial charge in [-0.2, -0.15) is 5.01 Å². The monoisotopic (exact) mass is 632 g/mol. The number of amides is 3. The summed E-state index contributed by atoms with van der Waals surface area (Å²) in [7, 11) is 0. The van der Waals surface area contributed by atoms with Crippen molar-refractivity contribution in [1.82, 2.24) is 10.0 Å². The van der Waals surface area contributed by atoms with Crippen molar-refractivity contribution in [2.45, 2.75) is 22.6 Å². The Labute approximate surface area is 222 Å². The van der Waals surface area contributed by atoms with E-state index in [-0.39, 0.29) is 39.8 Å². The van der Waals surface area contributed by atoms with Crippen LogP contribution in [-0.4, -0.2) is 37.4 Å². The van der Waals surface area contributed by atoms with Crippen molar-refractivity contribution in [2.75, 3.05) is 0 Å². The molecule has 3 aliphatic rings. The van der Waals surface area contributed by atoms with E-state index < -0.39 is 17.7 Å². The SMILES string of the molecule is O=C(c1ccc(Cl)cc1)N(Cc1ccc(Cl)cc1Cl)N1C(=O)[C@@H]2[C@H]3C[C@@H]([C@@H](Br)[C@H]3Br)[C@H]2C1=O. The Kier molecular flexibility index (Phi) is 6.32. The summed E-state index contributed by atoms with van der Waals surface area (Å²) in [5.41, 5.74) is 0.877. The van der Waals surface area contributed by atoms with E-state index in [0.29, 0.717) is 26.2 Å². The van der Waals surface area contributed by atoms with Crippen LogP contribution < -0.4 is 0 Å². The van der Waals surface area contributed by atoms with Gasteiger partial charge in [0.25, 0.3) is 17.7 Å². The van der Waals surface area contributed by atoms with Crippen LogP contribution in [0, 0.1) is 23.7 Å². The van der Waals surface area contributed by atoms with Crippen molar-refractivity contribution in [2.24, 2.45) is 23.7 Å². The standard InChI is InChI=1S/C23H17Br2Cl3N2O3/c24-19-14-8-15(20(19)25)18-17(14)22(32)30(23(18)33)29(9-11-3-6-13(27)7-16(11)28)21(31)10-1-4-12(26)5-2-10/h1-7,14-15,17-20H,8-9H2/t14-,15-,17-,18-,19-,20+/m1/s1. The topological polar surface area (TPSA) is 57.7 Å². The molecule has 0 aromatic heterocycles. The van der Waals surface area contributed by atoms with Gasteiger partial charge in [0.1, 0.15) is 0 Å². The van der Waals surface area contributed by atoms with Crippen molar-refractivity contribution >= 4 is 84.4 Å². The molecule has 0 radical (unpaired) electrons. The van der Waals surface area contributed by atoms with Crippen LogP contribution in [0.2, 0.25) is 15.1 Å². The number of alkyl halides is 2. The zero-order valence-electron chi connectivity index (χ0n) is 16.9. The lowest BCUT2D eigenvalue weighted by Gasteiger charge is -2.31. The highest BCUT2D eigenvalue weighted by molar-refractivity contribution is 9.12. The van der Waals surface area contributed by atoms with Gasteiger partial charge in [-0.1, -0.05) is 72.7 Å². The van der Waals surface area contributed by atoms with Gasteiger partial charge in [-0.3, -0.25) is 14.4 Å². The van der Waals surface area contributed by atoms with Gasteiger partial charge in [0.2, 0.25) is 0 Å². The zero-order chi connectivity index (χ0) is 23.6. The molecule has 2 aliphatic carbocycles. The number of hydrogen-bond donors (Lipinski definition) is 0. The quantitative estimate of drug-likeness (QED) is 0.307. The average molecular weight is 636 g/mol. The number of fused-ring (bicyclic) bond motifs is 5. The normalized spacial score (nSPS) is 30.2. The number of imide groups is 1. The molecule has 3 amide bonds. The Morgan fingerprint density at radius 3 is 2.00 bits per heavy atom. The molecular formula is C23H17Br2Cl3N2O3. The van der Waals surface area contributed by atoms with Crippen LogP contribution in [-0.2, 0) is 16.1 Å². The van der Waals surface area contributed by atoms with E-state index in [2.05, 4.69) is 31.9 Å². The summed E-state index contributed by atoms with van der Waals surface area (Å²) >= 11 is 25.8. The summed E-state index contributed by atoms with van der Waals surface area (Å²) in [6, 6.07) is 11.2. The smallest absolute Gasteiger partial charge is 0.272 e. The van der Waals surface area contributed by atoms with E-state index in [4.69, 9.17) is 34.8 Å². The van der Waals surface area contributed by atoms with Crippen molar-refractivity contribution in [3.8, 4) is 0 Å². The number of benzene rings is 2. The van der Waals surface area contributed by atoms with Crippen LogP contribution in [0.5, 0.6) is 0 Å². The van der Waals surface area contributed by atoms with Gasteiger partial charge in [-0.25, -0.2) is 5.01 Å². The number of rotatable bonds is 4. The maximum Gasteiger partial charge on any atom is 0.273 e. The van der Waals surface area contributed by atoms with Crippen molar-refractivity contribution in [3.63, 3.8) is 0 Å². The van der Waals surface area contributed by atoms with E-state index in [1.807, 2.05) is 0 Å². The first-order chi connectivity index (χ1) is 15.7. The summed E-state index contributed by atoms with van der Waals surface area (Å²) in [5, 5.41) is 3.52. The second-order valence-electron chi connectivity index (χ2n) is 8.60. The minimum Gasteiger partial charge on any atom is -0.272 e. The molecule has 172 valence electrons. The fraction of sp³-hybridized carbons (Fsp3) is 0.348. The summed E-state index contributed by atoms with van der Waals surface area (Å²) in [6.45, 7) is -0.0564. The predicted molar refractivity (Wildman–Crippen MR) is 134 cm³/mol. The Morgan fingerprint density at radius 1 is 0.909 bits per heavy atom. The summed E-state index contributed by atoms with van der Waals surface area (Å²) in [6.07, 6.45) is 0.806. The average Bonchev–Trinajstić information content (AvgIpc) is 3.39. The third kappa shape index (κ3) is 3.84. The molecule has 6 atom stereocenters.